The van der Waals surface area contributed by atoms with Gasteiger partial charge in [0.25, 0.3) is 5.56 Å². The van der Waals surface area contributed by atoms with Crippen LogP contribution in [0.2, 0.25) is 0 Å². The van der Waals surface area contributed by atoms with Gasteiger partial charge in [-0.3, -0.25) is 18.7 Å². The first kappa shape index (κ1) is 20.9. The second-order valence-corrected chi connectivity index (χ2v) is 7.94. The standard InChI is InChI=1S/C22H27N5O4/c1-24-20-19(21(29)25(2)22(24)30)26(14-23-20)12-5-7-18(28)27-13-4-6-17(27)15-8-10-16(31-3)11-9-15/h8-11,14,17H,4-7,12-13H2,1-3H3. The SMILES string of the molecule is COc1ccc(C2CCCN2C(=O)CCCn2cnc3c2c(=O)n(C)c(=O)n3C)cc1. The third-order valence-electron chi connectivity index (χ3n) is 6.08. The van der Waals surface area contributed by atoms with E-state index in [9.17, 15) is 14.4 Å². The number of methoxy groups -OCH3 is 1. The molecule has 1 aliphatic rings. The van der Waals surface area contributed by atoms with Gasteiger partial charge in [0.15, 0.2) is 11.2 Å². The maximum atomic E-state index is 12.9. The van der Waals surface area contributed by atoms with Crippen LogP contribution in [0.15, 0.2) is 40.2 Å². The molecule has 1 aliphatic heterocycles. The van der Waals surface area contributed by atoms with Crippen LogP contribution in [-0.4, -0.2) is 43.1 Å². The number of aromatic nitrogens is 4. The fraction of sp³-hybridized carbons (Fsp3) is 0.455. The topological polar surface area (TPSA) is 91.4 Å². The van der Waals surface area contributed by atoms with E-state index in [-0.39, 0.29) is 17.5 Å². The van der Waals surface area contributed by atoms with Gasteiger partial charge < -0.3 is 14.2 Å². The molecule has 1 aromatic carbocycles. The van der Waals surface area contributed by atoms with Gasteiger partial charge in [-0.25, -0.2) is 9.78 Å². The summed E-state index contributed by atoms with van der Waals surface area (Å²) in [5, 5.41) is 0. The molecule has 1 fully saturated rings. The number of imidazole rings is 1. The first-order valence-electron chi connectivity index (χ1n) is 10.5. The van der Waals surface area contributed by atoms with E-state index in [1.54, 1.807) is 25.1 Å². The minimum absolute atomic E-state index is 0.0919. The quantitative estimate of drug-likeness (QED) is 0.598. The predicted molar refractivity (Wildman–Crippen MR) is 116 cm³/mol. The monoisotopic (exact) mass is 425 g/mol. The van der Waals surface area contributed by atoms with Gasteiger partial charge in [0.2, 0.25) is 5.91 Å². The van der Waals surface area contributed by atoms with Crippen LogP contribution in [0.25, 0.3) is 11.2 Å². The van der Waals surface area contributed by atoms with Gasteiger partial charge in [0, 0.05) is 33.6 Å². The number of amides is 1. The van der Waals surface area contributed by atoms with Crippen LogP contribution in [0.3, 0.4) is 0 Å². The summed E-state index contributed by atoms with van der Waals surface area (Å²) < 4.78 is 9.40. The van der Waals surface area contributed by atoms with Gasteiger partial charge in [-0.2, -0.15) is 0 Å². The van der Waals surface area contributed by atoms with Crippen molar-refractivity contribution >= 4 is 17.1 Å². The average molecular weight is 425 g/mol. The first-order valence-corrected chi connectivity index (χ1v) is 10.5. The lowest BCUT2D eigenvalue weighted by Gasteiger charge is -2.25. The lowest BCUT2D eigenvalue weighted by molar-refractivity contribution is -0.132. The number of carbonyl (C=O) groups excluding carboxylic acids is 1. The Labute approximate surface area is 179 Å². The number of aryl methyl sites for hydroxylation is 2. The maximum Gasteiger partial charge on any atom is 0.332 e. The van der Waals surface area contributed by atoms with E-state index in [1.165, 1.54) is 11.6 Å². The van der Waals surface area contributed by atoms with Crippen molar-refractivity contribution in [3.63, 3.8) is 0 Å². The van der Waals surface area contributed by atoms with Crippen molar-refractivity contribution in [1.82, 2.24) is 23.6 Å². The first-order chi connectivity index (χ1) is 14.9. The van der Waals surface area contributed by atoms with Crippen LogP contribution in [0, 0.1) is 0 Å². The van der Waals surface area contributed by atoms with E-state index in [1.807, 2.05) is 29.2 Å². The highest BCUT2D eigenvalue weighted by Gasteiger charge is 2.29. The minimum Gasteiger partial charge on any atom is -0.497 e. The molecule has 1 unspecified atom stereocenters. The van der Waals surface area contributed by atoms with Crippen LogP contribution < -0.4 is 16.0 Å². The Morgan fingerprint density at radius 3 is 2.61 bits per heavy atom. The molecule has 9 heteroatoms. The third kappa shape index (κ3) is 3.75. The number of ether oxygens (including phenoxy) is 1. The number of hydrogen-bond acceptors (Lipinski definition) is 5. The average Bonchev–Trinajstić information content (AvgIpc) is 3.44. The summed E-state index contributed by atoms with van der Waals surface area (Å²) in [6.07, 6.45) is 4.47. The number of rotatable bonds is 6. The molecule has 0 spiro atoms. The molecule has 4 rings (SSSR count). The van der Waals surface area contributed by atoms with E-state index in [0.29, 0.717) is 30.6 Å². The predicted octanol–water partition coefficient (Wildman–Crippen LogP) is 1.59. The Morgan fingerprint density at radius 2 is 1.90 bits per heavy atom. The van der Waals surface area contributed by atoms with Crippen LogP contribution in [0.5, 0.6) is 5.75 Å². The summed E-state index contributed by atoms with van der Waals surface area (Å²) in [6, 6.07) is 7.98. The zero-order chi connectivity index (χ0) is 22.1. The third-order valence-corrected chi connectivity index (χ3v) is 6.08. The smallest absolute Gasteiger partial charge is 0.332 e. The van der Waals surface area contributed by atoms with Crippen molar-refractivity contribution in [1.29, 1.82) is 0 Å². The van der Waals surface area contributed by atoms with Crippen molar-refractivity contribution < 1.29 is 9.53 Å². The molecule has 164 valence electrons. The highest BCUT2D eigenvalue weighted by Crippen LogP contribution is 2.33. The number of carbonyl (C=O) groups is 1. The maximum absolute atomic E-state index is 12.9. The molecule has 1 amide bonds. The largest absolute Gasteiger partial charge is 0.497 e. The normalized spacial score (nSPS) is 16.2. The van der Waals surface area contributed by atoms with Crippen molar-refractivity contribution in [3.8, 4) is 5.75 Å². The summed E-state index contributed by atoms with van der Waals surface area (Å²) in [5.74, 6) is 0.916. The minimum atomic E-state index is -0.406. The fourth-order valence-corrected chi connectivity index (χ4v) is 4.35. The summed E-state index contributed by atoms with van der Waals surface area (Å²) >= 11 is 0. The molecule has 0 radical (unpaired) electrons. The van der Waals surface area contributed by atoms with Gasteiger partial charge in [0.05, 0.1) is 19.5 Å². The molecule has 9 nitrogen and oxygen atoms in total. The molecular weight excluding hydrogens is 398 g/mol. The Balaban J connectivity index is 1.44. The molecule has 1 saturated heterocycles. The molecule has 0 N–H and O–H groups in total. The van der Waals surface area contributed by atoms with E-state index in [4.69, 9.17) is 4.74 Å². The molecule has 0 aliphatic carbocycles. The van der Waals surface area contributed by atoms with Gasteiger partial charge >= 0.3 is 5.69 Å². The highest BCUT2D eigenvalue weighted by molar-refractivity contribution is 5.77. The number of nitrogens with zero attached hydrogens (tertiary/aromatic N) is 5. The van der Waals surface area contributed by atoms with E-state index < -0.39 is 5.69 Å². The number of hydrogen-bond donors (Lipinski definition) is 0. The summed E-state index contributed by atoms with van der Waals surface area (Å²) in [7, 11) is 4.69. The van der Waals surface area contributed by atoms with E-state index >= 15 is 0 Å². The number of fused-ring (bicyclic) bond motifs is 1. The Kier molecular flexibility index (Phi) is 5.67. The lowest BCUT2D eigenvalue weighted by Crippen LogP contribution is -2.37. The molecule has 1 atom stereocenters. The zero-order valence-corrected chi connectivity index (χ0v) is 18.1. The lowest BCUT2D eigenvalue weighted by atomic mass is 10.0. The summed E-state index contributed by atoms with van der Waals surface area (Å²) in [6.45, 7) is 1.24. The fourth-order valence-electron chi connectivity index (χ4n) is 4.35. The highest BCUT2D eigenvalue weighted by atomic mass is 16.5. The van der Waals surface area contributed by atoms with E-state index in [0.717, 1.165) is 35.3 Å². The Morgan fingerprint density at radius 1 is 1.16 bits per heavy atom. The molecule has 31 heavy (non-hydrogen) atoms. The van der Waals surface area contributed by atoms with Gasteiger partial charge in [-0.1, -0.05) is 12.1 Å². The zero-order valence-electron chi connectivity index (χ0n) is 18.1. The second-order valence-electron chi connectivity index (χ2n) is 7.94. The van der Waals surface area contributed by atoms with Crippen LogP contribution in [0.1, 0.15) is 37.3 Å². The van der Waals surface area contributed by atoms with Crippen molar-refractivity contribution in [3.05, 3.63) is 57.0 Å². The second kappa shape index (κ2) is 8.41. The van der Waals surface area contributed by atoms with Crippen molar-refractivity contribution in [2.75, 3.05) is 13.7 Å². The molecule has 3 aromatic rings. The molecule has 0 bridgehead atoms. The van der Waals surface area contributed by atoms with Gasteiger partial charge in [-0.15, -0.1) is 0 Å². The van der Waals surface area contributed by atoms with Crippen LogP contribution >= 0.6 is 0 Å². The van der Waals surface area contributed by atoms with Crippen molar-refractivity contribution in [2.24, 2.45) is 14.1 Å². The molecule has 0 saturated carbocycles. The van der Waals surface area contributed by atoms with Crippen molar-refractivity contribution in [2.45, 2.75) is 38.3 Å². The molecule has 3 heterocycles. The molecule has 2 aromatic heterocycles. The van der Waals surface area contributed by atoms with Crippen LogP contribution in [0.4, 0.5) is 0 Å². The van der Waals surface area contributed by atoms with E-state index in [2.05, 4.69) is 4.98 Å². The molecular formula is C22H27N5O4. The number of likely N-dealkylation sites (tertiary alicyclic amines) is 1. The Bertz CT molecular complexity index is 1220. The summed E-state index contributed by atoms with van der Waals surface area (Å²) in [4.78, 5) is 43.7. The Hall–Kier alpha value is -3.36. The summed E-state index contributed by atoms with van der Waals surface area (Å²) in [5.41, 5.74) is 1.09. The van der Waals surface area contributed by atoms with Gasteiger partial charge in [0.1, 0.15) is 5.75 Å². The number of benzene rings is 1. The van der Waals surface area contributed by atoms with Gasteiger partial charge in [-0.05, 0) is 37.0 Å². The van der Waals surface area contributed by atoms with Crippen LogP contribution in [-0.2, 0) is 25.4 Å².